The Hall–Kier alpha value is -1.00. The molecule has 0 N–H and O–H groups in total. The number of rotatable bonds is 5. The summed E-state index contributed by atoms with van der Waals surface area (Å²) in [7, 11) is 1.70. The summed E-state index contributed by atoms with van der Waals surface area (Å²) >= 11 is 0. The van der Waals surface area contributed by atoms with E-state index in [4.69, 9.17) is 15.4 Å². The molecule has 0 saturated heterocycles. The van der Waals surface area contributed by atoms with Crippen LogP contribution >= 0.6 is 10.7 Å². The molecule has 5 heteroatoms. The third-order valence-corrected chi connectivity index (χ3v) is 4.13. The van der Waals surface area contributed by atoms with E-state index < -0.39 is 9.05 Å². The van der Waals surface area contributed by atoms with Crippen LogP contribution in [0, 0.1) is 6.92 Å². The first-order valence-corrected chi connectivity index (χ1v) is 8.30. The van der Waals surface area contributed by atoms with Gasteiger partial charge in [0, 0.05) is 10.7 Å². The molecule has 1 aromatic rings. The standard InChI is InChI=1S/C14H19ClO3S/c1-9(2)8-18-13-6-11(5)14(19(15,16)17)7-12(13)10(3)4/h6-7,10H,1,8H2,2-5H3. The molecule has 0 saturated carbocycles. The lowest BCUT2D eigenvalue weighted by molar-refractivity contribution is 0.346. The highest BCUT2D eigenvalue weighted by Gasteiger charge is 2.19. The normalized spacial score (nSPS) is 11.7. The van der Waals surface area contributed by atoms with Crippen molar-refractivity contribution in [1.82, 2.24) is 0 Å². The third kappa shape index (κ3) is 4.25. The molecule has 0 heterocycles. The second-order valence-electron chi connectivity index (χ2n) is 4.99. The Morgan fingerprint density at radius 2 is 2.00 bits per heavy atom. The molecule has 0 spiro atoms. The van der Waals surface area contributed by atoms with E-state index in [1.165, 1.54) is 0 Å². The summed E-state index contributed by atoms with van der Waals surface area (Å²) in [6.07, 6.45) is 0. The molecule has 1 aromatic carbocycles. The van der Waals surface area contributed by atoms with Gasteiger partial charge in [-0.3, -0.25) is 0 Å². The van der Waals surface area contributed by atoms with Crippen LogP contribution in [0.15, 0.2) is 29.2 Å². The van der Waals surface area contributed by atoms with Gasteiger partial charge < -0.3 is 4.74 Å². The van der Waals surface area contributed by atoms with Crippen LogP contribution in [-0.2, 0) is 9.05 Å². The third-order valence-electron chi connectivity index (χ3n) is 2.67. The van der Waals surface area contributed by atoms with Crippen molar-refractivity contribution in [2.24, 2.45) is 0 Å². The lowest BCUT2D eigenvalue weighted by Gasteiger charge is -2.16. The summed E-state index contributed by atoms with van der Waals surface area (Å²) < 4.78 is 28.7. The van der Waals surface area contributed by atoms with Crippen molar-refractivity contribution in [3.63, 3.8) is 0 Å². The van der Waals surface area contributed by atoms with Gasteiger partial charge in [0.25, 0.3) is 9.05 Å². The van der Waals surface area contributed by atoms with Crippen LogP contribution in [0.1, 0.15) is 37.8 Å². The van der Waals surface area contributed by atoms with Crippen LogP contribution in [0.4, 0.5) is 0 Å². The Bertz CT molecular complexity index is 589. The zero-order valence-electron chi connectivity index (χ0n) is 11.7. The zero-order valence-corrected chi connectivity index (χ0v) is 13.2. The van der Waals surface area contributed by atoms with Crippen LogP contribution in [0.25, 0.3) is 0 Å². The number of benzene rings is 1. The lowest BCUT2D eigenvalue weighted by Crippen LogP contribution is -2.05. The van der Waals surface area contributed by atoms with E-state index in [0.717, 1.165) is 11.1 Å². The van der Waals surface area contributed by atoms with Gasteiger partial charge in [-0.1, -0.05) is 20.4 Å². The largest absolute Gasteiger partial charge is 0.489 e. The maximum atomic E-state index is 11.5. The zero-order chi connectivity index (χ0) is 14.8. The lowest BCUT2D eigenvalue weighted by atomic mass is 10.0. The highest BCUT2D eigenvalue weighted by atomic mass is 35.7. The van der Waals surface area contributed by atoms with Crippen molar-refractivity contribution in [2.45, 2.75) is 38.5 Å². The maximum Gasteiger partial charge on any atom is 0.261 e. The van der Waals surface area contributed by atoms with Gasteiger partial charge in [0.2, 0.25) is 0 Å². The minimum Gasteiger partial charge on any atom is -0.489 e. The molecule has 3 nitrogen and oxygen atoms in total. The monoisotopic (exact) mass is 302 g/mol. The molecule has 0 unspecified atom stereocenters. The second kappa shape index (κ2) is 5.97. The fraction of sp³-hybridized carbons (Fsp3) is 0.429. The molecule has 0 atom stereocenters. The summed E-state index contributed by atoms with van der Waals surface area (Å²) in [6, 6.07) is 3.31. The Morgan fingerprint density at radius 1 is 1.42 bits per heavy atom. The fourth-order valence-electron chi connectivity index (χ4n) is 1.72. The molecular weight excluding hydrogens is 284 g/mol. The van der Waals surface area contributed by atoms with Crippen molar-refractivity contribution >= 4 is 19.7 Å². The van der Waals surface area contributed by atoms with Gasteiger partial charge in [-0.2, -0.15) is 0 Å². The minimum atomic E-state index is -3.74. The van der Waals surface area contributed by atoms with Gasteiger partial charge in [-0.15, -0.1) is 0 Å². The van der Waals surface area contributed by atoms with Gasteiger partial charge >= 0.3 is 0 Å². The van der Waals surface area contributed by atoms with E-state index in [9.17, 15) is 8.42 Å². The summed E-state index contributed by atoms with van der Waals surface area (Å²) in [5.41, 5.74) is 2.31. The molecule has 0 aliphatic carbocycles. The molecule has 0 radical (unpaired) electrons. The molecule has 106 valence electrons. The van der Waals surface area contributed by atoms with Crippen molar-refractivity contribution in [3.05, 3.63) is 35.4 Å². The molecule has 1 rings (SSSR count). The molecule has 0 aromatic heterocycles. The highest BCUT2D eigenvalue weighted by molar-refractivity contribution is 8.13. The van der Waals surface area contributed by atoms with E-state index in [1.54, 1.807) is 19.1 Å². The molecular formula is C14H19ClO3S. The van der Waals surface area contributed by atoms with Gasteiger partial charge in [0.15, 0.2) is 0 Å². The minimum absolute atomic E-state index is 0.137. The topological polar surface area (TPSA) is 43.4 Å². The SMILES string of the molecule is C=C(C)COc1cc(C)c(S(=O)(=O)Cl)cc1C(C)C. The second-order valence-corrected chi connectivity index (χ2v) is 7.53. The fourth-order valence-corrected chi connectivity index (χ4v) is 2.93. The van der Waals surface area contributed by atoms with Crippen LogP contribution in [-0.4, -0.2) is 15.0 Å². The first-order valence-electron chi connectivity index (χ1n) is 5.99. The van der Waals surface area contributed by atoms with Crippen molar-refractivity contribution in [3.8, 4) is 5.75 Å². The highest BCUT2D eigenvalue weighted by Crippen LogP contribution is 2.33. The van der Waals surface area contributed by atoms with Crippen LogP contribution < -0.4 is 4.74 Å². The molecule has 0 aliphatic rings. The molecule has 19 heavy (non-hydrogen) atoms. The van der Waals surface area contributed by atoms with Gasteiger partial charge in [0.1, 0.15) is 12.4 Å². The maximum absolute atomic E-state index is 11.5. The Labute approximate surface area is 119 Å². The van der Waals surface area contributed by atoms with Crippen LogP contribution in [0.5, 0.6) is 5.75 Å². The van der Waals surface area contributed by atoms with E-state index in [2.05, 4.69) is 6.58 Å². The van der Waals surface area contributed by atoms with Gasteiger partial charge in [0.05, 0.1) is 4.90 Å². The average Bonchev–Trinajstić information content (AvgIpc) is 2.23. The first kappa shape index (κ1) is 16.1. The van der Waals surface area contributed by atoms with Crippen molar-refractivity contribution < 1.29 is 13.2 Å². The number of hydrogen-bond donors (Lipinski definition) is 0. The summed E-state index contributed by atoms with van der Waals surface area (Å²) in [5.74, 6) is 0.817. The van der Waals surface area contributed by atoms with Crippen LogP contribution in [0.2, 0.25) is 0 Å². The number of hydrogen-bond acceptors (Lipinski definition) is 3. The summed E-state index contributed by atoms with van der Waals surface area (Å²) in [6.45, 7) is 11.7. The van der Waals surface area contributed by atoms with Crippen molar-refractivity contribution in [1.29, 1.82) is 0 Å². The molecule has 0 fully saturated rings. The van der Waals surface area contributed by atoms with E-state index >= 15 is 0 Å². The summed E-state index contributed by atoms with van der Waals surface area (Å²) in [4.78, 5) is 0.139. The number of aryl methyl sites for hydroxylation is 1. The predicted molar refractivity (Wildman–Crippen MR) is 78.6 cm³/mol. The first-order chi connectivity index (χ1) is 8.62. The smallest absolute Gasteiger partial charge is 0.261 e. The molecule has 0 bridgehead atoms. The Morgan fingerprint density at radius 3 is 2.42 bits per heavy atom. The number of ether oxygens (including phenoxy) is 1. The van der Waals surface area contributed by atoms with Crippen LogP contribution in [0.3, 0.4) is 0 Å². The van der Waals surface area contributed by atoms with Gasteiger partial charge in [-0.05, 0) is 48.6 Å². The predicted octanol–water partition coefficient (Wildman–Crippen LogP) is 4.00. The number of halogens is 1. The van der Waals surface area contributed by atoms with E-state index in [1.807, 2.05) is 20.8 Å². The quantitative estimate of drug-likeness (QED) is 0.610. The van der Waals surface area contributed by atoms with Crippen molar-refractivity contribution in [2.75, 3.05) is 6.61 Å². The molecule has 0 aliphatic heterocycles. The Balaban J connectivity index is 3.33. The molecule has 0 amide bonds. The van der Waals surface area contributed by atoms with Gasteiger partial charge in [-0.25, -0.2) is 8.42 Å². The Kier molecular flexibility index (Phi) is 5.04. The summed E-state index contributed by atoms with van der Waals surface area (Å²) in [5, 5.41) is 0. The average molecular weight is 303 g/mol. The van der Waals surface area contributed by atoms with E-state index in [-0.39, 0.29) is 10.8 Å². The van der Waals surface area contributed by atoms with E-state index in [0.29, 0.717) is 17.9 Å².